The van der Waals surface area contributed by atoms with Crippen molar-refractivity contribution in [1.29, 1.82) is 0 Å². The molecule has 1 unspecified atom stereocenters. The van der Waals surface area contributed by atoms with Crippen LogP contribution in [0.25, 0.3) is 0 Å². The molecule has 4 nitrogen and oxygen atoms in total. The fourth-order valence-corrected chi connectivity index (χ4v) is 2.21. The van der Waals surface area contributed by atoms with E-state index in [1.165, 1.54) is 0 Å². The zero-order chi connectivity index (χ0) is 14.4. The van der Waals surface area contributed by atoms with Gasteiger partial charge < -0.3 is 10.4 Å². The van der Waals surface area contributed by atoms with E-state index in [4.69, 9.17) is 16.7 Å². The topological polar surface area (TPSA) is 66.4 Å². The number of hydrogen-bond acceptors (Lipinski definition) is 2. The summed E-state index contributed by atoms with van der Waals surface area (Å²) in [6, 6.07) is 4.66. The summed E-state index contributed by atoms with van der Waals surface area (Å²) in [5.74, 6) is -1.21. The van der Waals surface area contributed by atoms with Crippen LogP contribution in [0, 0.1) is 3.57 Å². The average molecular weight is 396 g/mol. The molecule has 1 rings (SSSR count). The van der Waals surface area contributed by atoms with Crippen molar-refractivity contribution < 1.29 is 14.7 Å². The highest BCUT2D eigenvalue weighted by molar-refractivity contribution is 14.1. The molecule has 0 saturated heterocycles. The van der Waals surface area contributed by atoms with Crippen LogP contribution in [0.3, 0.4) is 0 Å². The van der Waals surface area contributed by atoms with E-state index in [9.17, 15) is 9.59 Å². The van der Waals surface area contributed by atoms with Gasteiger partial charge in [-0.2, -0.15) is 0 Å². The van der Waals surface area contributed by atoms with Gasteiger partial charge in [-0.3, -0.25) is 9.59 Å². The lowest BCUT2D eigenvalue weighted by molar-refractivity contribution is -0.137. The van der Waals surface area contributed by atoms with Gasteiger partial charge in [-0.15, -0.1) is 0 Å². The Hall–Kier alpha value is -0.820. The molecule has 0 fully saturated rings. The number of nitrogens with one attached hydrogen (secondary N) is 1. The minimum Gasteiger partial charge on any atom is -0.481 e. The number of carbonyl (C=O) groups excluding carboxylic acids is 1. The zero-order valence-electron chi connectivity index (χ0n) is 10.5. The molecule has 0 heterocycles. The Morgan fingerprint density at radius 1 is 1.47 bits per heavy atom. The van der Waals surface area contributed by atoms with Crippen LogP contribution >= 0.6 is 34.2 Å². The van der Waals surface area contributed by atoms with E-state index in [2.05, 4.69) is 27.9 Å². The second-order valence-corrected chi connectivity index (χ2v) is 5.76. The molecule has 1 aromatic carbocycles. The Morgan fingerprint density at radius 2 is 2.16 bits per heavy atom. The van der Waals surface area contributed by atoms with Gasteiger partial charge in [0.15, 0.2) is 0 Å². The predicted molar refractivity (Wildman–Crippen MR) is 82.6 cm³/mol. The molecule has 0 spiro atoms. The Morgan fingerprint density at radius 3 is 2.68 bits per heavy atom. The van der Waals surface area contributed by atoms with E-state index in [-0.39, 0.29) is 18.4 Å². The smallest absolute Gasteiger partial charge is 0.305 e. The van der Waals surface area contributed by atoms with Gasteiger partial charge in [0.25, 0.3) is 5.91 Å². The third-order valence-electron chi connectivity index (χ3n) is 2.58. The normalized spacial score (nSPS) is 11.9. The van der Waals surface area contributed by atoms with Gasteiger partial charge in [0.1, 0.15) is 0 Å². The molecule has 19 heavy (non-hydrogen) atoms. The van der Waals surface area contributed by atoms with Crippen molar-refractivity contribution in [1.82, 2.24) is 5.32 Å². The number of amides is 1. The van der Waals surface area contributed by atoms with Crippen LogP contribution in [0.15, 0.2) is 18.2 Å². The summed E-state index contributed by atoms with van der Waals surface area (Å²) in [5, 5.41) is 12.0. The molecular weight excluding hydrogens is 381 g/mol. The van der Waals surface area contributed by atoms with Crippen LogP contribution in [0.4, 0.5) is 0 Å². The quantitative estimate of drug-likeness (QED) is 0.726. The third-order valence-corrected chi connectivity index (χ3v) is 4.15. The fraction of sp³-hybridized carbons (Fsp3) is 0.385. The number of hydrogen-bond donors (Lipinski definition) is 2. The Bertz CT molecular complexity index is 479. The van der Waals surface area contributed by atoms with Crippen LogP contribution in [0.2, 0.25) is 5.02 Å². The van der Waals surface area contributed by atoms with Crippen molar-refractivity contribution in [2.75, 3.05) is 0 Å². The molecule has 2 N–H and O–H groups in total. The number of carboxylic acid groups (broad SMARTS) is 1. The van der Waals surface area contributed by atoms with Crippen LogP contribution in [0.5, 0.6) is 0 Å². The van der Waals surface area contributed by atoms with Gasteiger partial charge in [0.2, 0.25) is 0 Å². The van der Waals surface area contributed by atoms with E-state index >= 15 is 0 Å². The number of rotatable bonds is 6. The van der Waals surface area contributed by atoms with Crippen molar-refractivity contribution in [3.8, 4) is 0 Å². The highest BCUT2D eigenvalue weighted by Gasteiger charge is 2.16. The Labute approximate surface area is 130 Å². The first-order valence-corrected chi connectivity index (χ1v) is 7.37. The molecule has 1 aromatic rings. The predicted octanol–water partition coefficient (Wildman–Crippen LogP) is 3.32. The highest BCUT2D eigenvalue weighted by atomic mass is 127. The van der Waals surface area contributed by atoms with Crippen LogP contribution in [-0.2, 0) is 4.79 Å². The summed E-state index contributed by atoms with van der Waals surface area (Å²) in [6.45, 7) is 1.95. The molecule has 1 atom stereocenters. The van der Waals surface area contributed by atoms with E-state index in [0.717, 1.165) is 9.99 Å². The first kappa shape index (κ1) is 16.2. The maximum absolute atomic E-state index is 12.0. The first-order valence-electron chi connectivity index (χ1n) is 5.91. The number of aliphatic carboxylic acids is 1. The Balaban J connectivity index is 2.75. The minimum atomic E-state index is -0.917. The van der Waals surface area contributed by atoms with E-state index in [1.807, 2.05) is 6.92 Å². The summed E-state index contributed by atoms with van der Waals surface area (Å²) < 4.78 is 0.867. The first-order chi connectivity index (χ1) is 8.93. The molecule has 0 bridgehead atoms. The molecule has 0 aliphatic carbocycles. The maximum Gasteiger partial charge on any atom is 0.305 e. The molecule has 0 radical (unpaired) electrons. The lowest BCUT2D eigenvalue weighted by atomic mass is 10.1. The van der Waals surface area contributed by atoms with Crippen molar-refractivity contribution in [3.63, 3.8) is 0 Å². The summed E-state index contributed by atoms with van der Waals surface area (Å²) >= 11 is 8.04. The number of halogens is 2. The molecule has 0 saturated carbocycles. The average Bonchev–Trinajstić information content (AvgIpc) is 2.32. The zero-order valence-corrected chi connectivity index (χ0v) is 13.4. The third kappa shape index (κ3) is 5.36. The van der Waals surface area contributed by atoms with Crippen LogP contribution in [0.1, 0.15) is 36.5 Å². The standard InChI is InChI=1S/C13H15ClINO3/c1-2-3-9(7-12(17)18)16-13(19)8-4-5-11(15)10(14)6-8/h4-6,9H,2-3,7H2,1H3,(H,16,19)(H,17,18). The van der Waals surface area contributed by atoms with Gasteiger partial charge in [0, 0.05) is 15.2 Å². The van der Waals surface area contributed by atoms with Crippen molar-refractivity contribution in [2.24, 2.45) is 0 Å². The summed E-state index contributed by atoms with van der Waals surface area (Å²) in [6.07, 6.45) is 1.37. The van der Waals surface area contributed by atoms with Gasteiger partial charge in [-0.1, -0.05) is 24.9 Å². The number of benzene rings is 1. The lowest BCUT2D eigenvalue weighted by Gasteiger charge is -2.16. The molecule has 0 aliphatic heterocycles. The van der Waals surface area contributed by atoms with Gasteiger partial charge >= 0.3 is 5.97 Å². The summed E-state index contributed by atoms with van der Waals surface area (Å²) in [5.41, 5.74) is 0.442. The van der Waals surface area contributed by atoms with Gasteiger partial charge in [-0.25, -0.2) is 0 Å². The van der Waals surface area contributed by atoms with E-state index < -0.39 is 5.97 Å². The second-order valence-electron chi connectivity index (χ2n) is 4.19. The maximum atomic E-state index is 12.0. The lowest BCUT2D eigenvalue weighted by Crippen LogP contribution is -2.36. The van der Waals surface area contributed by atoms with E-state index in [0.29, 0.717) is 17.0 Å². The van der Waals surface area contributed by atoms with Crippen LogP contribution in [-0.4, -0.2) is 23.0 Å². The number of carbonyl (C=O) groups is 2. The SMILES string of the molecule is CCCC(CC(=O)O)NC(=O)c1ccc(I)c(Cl)c1. The van der Waals surface area contributed by atoms with Gasteiger partial charge in [-0.05, 0) is 47.2 Å². The second kappa shape index (κ2) is 7.69. The Kier molecular flexibility index (Phi) is 6.57. The largest absolute Gasteiger partial charge is 0.481 e. The highest BCUT2D eigenvalue weighted by Crippen LogP contribution is 2.19. The summed E-state index contributed by atoms with van der Waals surface area (Å²) in [7, 11) is 0. The molecule has 1 amide bonds. The fourth-order valence-electron chi connectivity index (χ4n) is 1.69. The van der Waals surface area contributed by atoms with Crippen molar-refractivity contribution in [3.05, 3.63) is 32.4 Å². The molecule has 6 heteroatoms. The van der Waals surface area contributed by atoms with Crippen molar-refractivity contribution in [2.45, 2.75) is 32.2 Å². The summed E-state index contributed by atoms with van der Waals surface area (Å²) in [4.78, 5) is 22.7. The van der Waals surface area contributed by atoms with Crippen LogP contribution < -0.4 is 5.32 Å². The molecular formula is C13H15ClINO3. The number of carboxylic acids is 1. The van der Waals surface area contributed by atoms with Gasteiger partial charge in [0.05, 0.1) is 11.4 Å². The van der Waals surface area contributed by atoms with E-state index in [1.54, 1.807) is 18.2 Å². The minimum absolute atomic E-state index is 0.0717. The molecule has 104 valence electrons. The molecule has 0 aromatic heterocycles. The monoisotopic (exact) mass is 395 g/mol. The van der Waals surface area contributed by atoms with Crippen molar-refractivity contribution >= 4 is 46.1 Å². The molecule has 0 aliphatic rings.